The van der Waals surface area contributed by atoms with E-state index in [1.165, 1.54) is 12.3 Å². The number of benzene rings is 1. The van der Waals surface area contributed by atoms with Crippen LogP contribution in [0.1, 0.15) is 27.3 Å². The highest BCUT2D eigenvalue weighted by molar-refractivity contribution is 7.92. The maximum Gasteiger partial charge on any atom is 0.417 e. The third-order valence-electron chi connectivity index (χ3n) is 4.04. The molecule has 0 saturated carbocycles. The second-order valence-corrected chi connectivity index (χ2v) is 8.84. The van der Waals surface area contributed by atoms with Gasteiger partial charge in [0, 0.05) is 23.7 Å². The number of pyridine rings is 2. The van der Waals surface area contributed by atoms with Gasteiger partial charge in [0.1, 0.15) is 5.69 Å². The summed E-state index contributed by atoms with van der Waals surface area (Å²) in [5.74, 6) is -0.658. The molecule has 31 heavy (non-hydrogen) atoms. The van der Waals surface area contributed by atoms with Gasteiger partial charge in [-0.25, -0.2) is 13.4 Å². The number of hydrogen-bond donors (Lipinski definition) is 1. The quantitative estimate of drug-likeness (QED) is 0.501. The highest BCUT2D eigenvalue weighted by Gasteiger charge is 2.34. The Balaban J connectivity index is 2.03. The van der Waals surface area contributed by atoms with E-state index in [9.17, 15) is 26.4 Å². The van der Waals surface area contributed by atoms with Crippen molar-refractivity contribution >= 4 is 44.7 Å². The van der Waals surface area contributed by atoms with E-state index in [2.05, 4.69) is 14.7 Å². The van der Waals surface area contributed by atoms with Crippen LogP contribution in [0.15, 0.2) is 53.7 Å². The number of halogens is 5. The van der Waals surface area contributed by atoms with Crippen LogP contribution in [-0.4, -0.2) is 24.2 Å². The second kappa shape index (κ2) is 8.45. The van der Waals surface area contributed by atoms with E-state index in [0.717, 1.165) is 24.4 Å². The predicted octanol–water partition coefficient (Wildman–Crippen LogP) is 5.14. The number of hydrogen-bond acceptors (Lipinski definition) is 5. The smallest absolute Gasteiger partial charge is 0.287 e. The molecule has 2 aromatic heterocycles. The topological polar surface area (TPSA) is 89.0 Å². The van der Waals surface area contributed by atoms with Crippen LogP contribution in [-0.2, 0) is 16.2 Å². The van der Waals surface area contributed by atoms with E-state index in [4.69, 9.17) is 23.2 Å². The summed E-state index contributed by atoms with van der Waals surface area (Å²) < 4.78 is 66.9. The van der Waals surface area contributed by atoms with E-state index < -0.39 is 37.5 Å². The van der Waals surface area contributed by atoms with Gasteiger partial charge in [-0.2, -0.15) is 13.2 Å². The molecule has 12 heteroatoms. The van der Waals surface area contributed by atoms with Crippen molar-refractivity contribution in [2.24, 2.45) is 0 Å². The lowest BCUT2D eigenvalue weighted by molar-refractivity contribution is -0.137. The average Bonchev–Trinajstić information content (AvgIpc) is 2.67. The van der Waals surface area contributed by atoms with E-state index in [0.29, 0.717) is 11.8 Å². The Labute approximate surface area is 185 Å². The van der Waals surface area contributed by atoms with Crippen molar-refractivity contribution in [3.63, 3.8) is 0 Å². The van der Waals surface area contributed by atoms with Crippen LogP contribution in [0.3, 0.4) is 0 Å². The van der Waals surface area contributed by atoms with E-state index in [1.807, 2.05) is 0 Å². The lowest BCUT2D eigenvalue weighted by Gasteiger charge is -2.14. The zero-order chi connectivity index (χ0) is 23.0. The summed E-state index contributed by atoms with van der Waals surface area (Å²) in [6.07, 6.45) is -2.43. The molecule has 2 heterocycles. The number of aryl methyl sites for hydroxylation is 1. The first kappa shape index (κ1) is 23.0. The van der Waals surface area contributed by atoms with Crippen molar-refractivity contribution in [1.29, 1.82) is 0 Å². The minimum atomic E-state index is -4.86. The summed E-state index contributed by atoms with van der Waals surface area (Å²) >= 11 is 11.4. The van der Waals surface area contributed by atoms with Crippen molar-refractivity contribution in [1.82, 2.24) is 9.97 Å². The van der Waals surface area contributed by atoms with Gasteiger partial charge >= 0.3 is 6.18 Å². The summed E-state index contributed by atoms with van der Waals surface area (Å²) in [7, 11) is -4.55. The standard InChI is InChI=1S/C19H12Cl2F3N3O3S/c1-10-2-3-11(8-25-10)18(28)17-16(6-12(20)9-26-17)27-31(29,30)13-4-5-15(21)14(7-13)19(22,23)24/h2-9,27H,1H3. The van der Waals surface area contributed by atoms with Crippen molar-refractivity contribution in [3.05, 3.63) is 81.4 Å². The number of aromatic nitrogens is 2. The summed E-state index contributed by atoms with van der Waals surface area (Å²) in [6, 6.07) is 6.31. The Morgan fingerprint density at radius 1 is 1.03 bits per heavy atom. The van der Waals surface area contributed by atoms with Crippen LogP contribution < -0.4 is 4.72 Å². The second-order valence-electron chi connectivity index (χ2n) is 6.31. The highest BCUT2D eigenvalue weighted by Crippen LogP contribution is 2.36. The Morgan fingerprint density at radius 2 is 1.74 bits per heavy atom. The molecule has 6 nitrogen and oxygen atoms in total. The normalized spacial score (nSPS) is 11.9. The fraction of sp³-hybridized carbons (Fsp3) is 0.105. The van der Waals surface area contributed by atoms with Gasteiger partial charge in [-0.1, -0.05) is 23.2 Å². The molecule has 1 N–H and O–H groups in total. The summed E-state index contributed by atoms with van der Waals surface area (Å²) in [6.45, 7) is 1.72. The van der Waals surface area contributed by atoms with Gasteiger partial charge in [0.05, 0.1) is 26.2 Å². The number of nitrogens with one attached hydrogen (secondary N) is 1. The van der Waals surface area contributed by atoms with Crippen LogP contribution in [0, 0.1) is 6.92 Å². The van der Waals surface area contributed by atoms with Gasteiger partial charge < -0.3 is 0 Å². The van der Waals surface area contributed by atoms with Gasteiger partial charge in [0.15, 0.2) is 0 Å². The predicted molar refractivity (Wildman–Crippen MR) is 109 cm³/mol. The molecule has 0 aliphatic carbocycles. The first-order valence-corrected chi connectivity index (χ1v) is 10.6. The fourth-order valence-electron chi connectivity index (χ4n) is 2.53. The van der Waals surface area contributed by atoms with Crippen molar-refractivity contribution in [2.75, 3.05) is 4.72 Å². The SMILES string of the molecule is Cc1ccc(C(=O)c2ncc(Cl)cc2NS(=O)(=O)c2ccc(Cl)c(C(F)(F)F)c2)cn1. The number of nitrogens with zero attached hydrogens (tertiary/aromatic N) is 2. The van der Waals surface area contributed by atoms with Gasteiger partial charge in [0.25, 0.3) is 10.0 Å². The monoisotopic (exact) mass is 489 g/mol. The number of carbonyl (C=O) groups excluding carboxylic acids is 1. The Bertz CT molecular complexity index is 1260. The molecule has 3 rings (SSSR count). The molecule has 0 unspecified atom stereocenters. The number of sulfonamides is 1. The molecule has 0 radical (unpaired) electrons. The largest absolute Gasteiger partial charge is 0.417 e. The molecule has 0 aliphatic heterocycles. The minimum Gasteiger partial charge on any atom is -0.287 e. The minimum absolute atomic E-state index is 0.00312. The molecular formula is C19H12Cl2F3N3O3S. The molecule has 0 aliphatic rings. The van der Waals surface area contributed by atoms with Gasteiger partial charge in [-0.15, -0.1) is 0 Å². The highest BCUT2D eigenvalue weighted by atomic mass is 35.5. The molecule has 162 valence electrons. The molecule has 3 aromatic rings. The molecule has 0 saturated heterocycles. The molecule has 0 amide bonds. The lowest BCUT2D eigenvalue weighted by atomic mass is 10.1. The van der Waals surface area contributed by atoms with Gasteiger partial charge in [-0.05, 0) is 43.3 Å². The molecular weight excluding hydrogens is 478 g/mol. The zero-order valence-corrected chi connectivity index (χ0v) is 17.9. The van der Waals surface area contributed by atoms with Crippen LogP contribution in [0.4, 0.5) is 18.9 Å². The summed E-state index contributed by atoms with van der Waals surface area (Å²) in [5.41, 5.74) is -1.13. The fourth-order valence-corrected chi connectivity index (χ4v) is 4.00. The first-order chi connectivity index (χ1) is 14.4. The van der Waals surface area contributed by atoms with Crippen LogP contribution in [0.2, 0.25) is 10.0 Å². The lowest BCUT2D eigenvalue weighted by Crippen LogP contribution is -2.18. The molecule has 0 atom stereocenters. The number of rotatable bonds is 5. The van der Waals surface area contributed by atoms with Crippen LogP contribution in [0.25, 0.3) is 0 Å². The third kappa shape index (κ3) is 5.15. The Kier molecular flexibility index (Phi) is 6.26. The maximum absolute atomic E-state index is 13.1. The zero-order valence-electron chi connectivity index (χ0n) is 15.5. The average molecular weight is 490 g/mol. The molecule has 0 bridgehead atoms. The van der Waals surface area contributed by atoms with Gasteiger partial charge in [-0.3, -0.25) is 14.5 Å². The molecule has 1 aromatic carbocycles. The Hall–Kier alpha value is -2.69. The van der Waals surface area contributed by atoms with E-state index >= 15 is 0 Å². The van der Waals surface area contributed by atoms with Crippen molar-refractivity contribution in [2.45, 2.75) is 18.0 Å². The Morgan fingerprint density at radius 3 is 2.35 bits per heavy atom. The van der Waals surface area contributed by atoms with Gasteiger partial charge in [0.2, 0.25) is 5.78 Å². The number of ketones is 1. The van der Waals surface area contributed by atoms with E-state index in [1.54, 1.807) is 13.0 Å². The van der Waals surface area contributed by atoms with E-state index in [-0.39, 0.29) is 22.0 Å². The summed E-state index contributed by atoms with van der Waals surface area (Å²) in [5, 5.41) is -0.651. The third-order valence-corrected chi connectivity index (χ3v) is 5.94. The molecule has 0 spiro atoms. The van der Waals surface area contributed by atoms with Crippen LogP contribution >= 0.6 is 23.2 Å². The number of carbonyl (C=O) groups is 1. The number of alkyl halides is 3. The van der Waals surface area contributed by atoms with Crippen molar-refractivity contribution in [3.8, 4) is 0 Å². The molecule has 0 fully saturated rings. The number of anilines is 1. The van der Waals surface area contributed by atoms with Crippen molar-refractivity contribution < 1.29 is 26.4 Å². The summed E-state index contributed by atoms with van der Waals surface area (Å²) in [4.78, 5) is 20.0. The first-order valence-electron chi connectivity index (χ1n) is 8.41. The van der Waals surface area contributed by atoms with Crippen LogP contribution in [0.5, 0.6) is 0 Å². The maximum atomic E-state index is 13.1.